The van der Waals surface area contributed by atoms with Crippen LogP contribution in [0.4, 0.5) is 0 Å². The highest BCUT2D eigenvalue weighted by atomic mass is 14.7. The SMILES string of the molecule is Bc1cc2c(c(B)c1-c1c(B)c(-c3c(B)cc4c(c3B)C(C(B)(B)B)(C(B)(B)B)C(B)(B)C(B)(B)C4(C(B)(B)B)C(B)(B)B)c(B)c(C(C)C)c1B)C(C(B)(B)B)(C(B)(B)B)C(B)(B)C(B)(B)C2(C(B)(B)B)C(B)(B)B. The lowest BCUT2D eigenvalue weighted by Crippen LogP contribution is -2.75. The molecular formula is C37H87B39. The highest BCUT2D eigenvalue weighted by Gasteiger charge is 2.76. The lowest BCUT2D eigenvalue weighted by Gasteiger charge is -2.81. The molecule has 0 heterocycles. The van der Waals surface area contributed by atoms with Gasteiger partial charge in [-0.1, -0.05) is 90.6 Å². The van der Waals surface area contributed by atoms with Crippen molar-refractivity contribution in [2.24, 2.45) is 0 Å². The normalized spacial score (nSPS) is 20.6. The second kappa shape index (κ2) is 18.6. The zero-order valence-electron chi connectivity index (χ0n) is 58.7. The molecule has 5 rings (SSSR count). The van der Waals surface area contributed by atoms with E-state index in [4.69, 9.17) is 0 Å². The van der Waals surface area contributed by atoms with Crippen molar-refractivity contribution >= 4 is 344 Å². The summed E-state index contributed by atoms with van der Waals surface area (Å²) in [7, 11) is 101. The van der Waals surface area contributed by atoms with Crippen molar-refractivity contribution in [2.75, 3.05) is 0 Å². The minimum Gasteiger partial charge on any atom is -0.104 e. The molecule has 3 aromatic rings. The van der Waals surface area contributed by atoms with Gasteiger partial charge in [-0.05, 0) is 72.1 Å². The van der Waals surface area contributed by atoms with Gasteiger partial charge in [0, 0.05) is 0 Å². The van der Waals surface area contributed by atoms with Gasteiger partial charge in [-0.3, -0.25) is 0 Å². The molecular weight excluding hydrogens is 866 g/mol. The highest BCUT2D eigenvalue weighted by Crippen LogP contribution is 2.84. The lowest BCUT2D eigenvalue weighted by molar-refractivity contribution is 0.213. The van der Waals surface area contributed by atoms with Crippen molar-refractivity contribution in [3.63, 3.8) is 0 Å². The van der Waals surface area contributed by atoms with Gasteiger partial charge in [-0.2, -0.15) is 0 Å². The summed E-state index contributed by atoms with van der Waals surface area (Å²) in [6, 6.07) is 5.56. The minimum absolute atomic E-state index is 0.0606. The fraction of sp³-hybridized carbons (Fsp3) is 0.514. The van der Waals surface area contributed by atoms with E-state index in [1.54, 1.807) is 22.3 Å². The Morgan fingerprint density at radius 2 is 0.487 bits per heavy atom. The third-order valence-electron chi connectivity index (χ3n) is 24.4. The first kappa shape index (κ1) is 67.0. The fourth-order valence-electron chi connectivity index (χ4n) is 25.4. The number of hydrogen-bond acceptors (Lipinski definition) is 0. The average Bonchev–Trinajstić information content (AvgIpc) is 3.11. The van der Waals surface area contributed by atoms with E-state index in [9.17, 15) is 0 Å². The minimum atomic E-state index is -0.226. The molecule has 0 aromatic heterocycles. The largest absolute Gasteiger partial charge is 0.140 e. The van der Waals surface area contributed by atoms with E-state index in [0.717, 1.165) is 0 Å². The van der Waals surface area contributed by atoms with Crippen molar-refractivity contribution in [3.8, 4) is 22.3 Å². The first-order valence-electron chi connectivity index (χ1n) is 30.6. The first-order chi connectivity index (χ1) is 33.2. The van der Waals surface area contributed by atoms with Crippen LogP contribution >= 0.6 is 0 Å². The number of fused-ring (bicyclic) bond motifs is 2. The first-order valence-corrected chi connectivity index (χ1v) is 30.6. The molecule has 2 aliphatic carbocycles. The van der Waals surface area contributed by atoms with Crippen molar-refractivity contribution in [1.29, 1.82) is 0 Å². The van der Waals surface area contributed by atoms with E-state index in [1.165, 1.54) is 66.1 Å². The third-order valence-corrected chi connectivity index (χ3v) is 24.4. The number of rotatable bonds is 11. The number of benzene rings is 3. The van der Waals surface area contributed by atoms with Crippen LogP contribution in [-0.4, -0.2) is 306 Å². The van der Waals surface area contributed by atoms with E-state index in [0.29, 0.717) is 5.92 Å². The predicted molar refractivity (Wildman–Crippen MR) is 461 cm³/mol. The smallest absolute Gasteiger partial charge is 0.104 e. The summed E-state index contributed by atoms with van der Waals surface area (Å²) in [5.74, 6) is 0.337. The van der Waals surface area contributed by atoms with Crippen molar-refractivity contribution in [1.82, 2.24) is 0 Å². The van der Waals surface area contributed by atoms with E-state index >= 15 is 0 Å². The molecule has 0 atom stereocenters. The van der Waals surface area contributed by atoms with E-state index in [1.807, 2.05) is 0 Å². The van der Waals surface area contributed by atoms with Crippen LogP contribution in [-0.2, 0) is 21.7 Å². The van der Waals surface area contributed by atoms with Crippen LogP contribution in [0.15, 0.2) is 12.1 Å². The maximum absolute atomic E-state index is 2.78. The van der Waals surface area contributed by atoms with Crippen LogP contribution in [0.25, 0.3) is 22.3 Å². The fourth-order valence-corrected chi connectivity index (χ4v) is 25.4. The van der Waals surface area contributed by atoms with Crippen LogP contribution < -0.4 is 38.2 Å². The molecule has 2 aliphatic rings. The second-order valence-corrected chi connectivity index (χ2v) is 36.9. The van der Waals surface area contributed by atoms with Crippen LogP contribution in [0, 0.1) is 0 Å². The molecule has 76 heavy (non-hydrogen) atoms. The Morgan fingerprint density at radius 3 is 0.671 bits per heavy atom. The molecule has 0 nitrogen and oxygen atoms in total. The Morgan fingerprint density at radius 1 is 0.289 bits per heavy atom. The van der Waals surface area contributed by atoms with Gasteiger partial charge in [0.25, 0.3) is 0 Å². The van der Waals surface area contributed by atoms with Crippen molar-refractivity contribution < 1.29 is 0 Å². The molecule has 0 fully saturated rings. The molecule has 0 N–H and O–H groups in total. The highest BCUT2D eigenvalue weighted by molar-refractivity contribution is 6.75. The van der Waals surface area contributed by atoms with E-state index < -0.39 is 0 Å². The van der Waals surface area contributed by atoms with Gasteiger partial charge in [-0.15, -0.1) is 40.9 Å². The summed E-state index contributed by atoms with van der Waals surface area (Å²) in [4.78, 5) is 0. The van der Waals surface area contributed by atoms with Gasteiger partial charge in [0.15, 0.2) is 0 Å². The molecule has 0 aliphatic heterocycles. The summed E-state index contributed by atoms with van der Waals surface area (Å²) in [5.41, 5.74) is 23.2. The van der Waals surface area contributed by atoms with Gasteiger partial charge in [0.2, 0.25) is 0 Å². The monoisotopic (exact) mass is 961 g/mol. The lowest BCUT2D eigenvalue weighted by atomic mass is 8.98. The molecule has 39 heteroatoms. The van der Waals surface area contributed by atoms with E-state index in [2.05, 4.69) is 332 Å². The van der Waals surface area contributed by atoms with E-state index in [-0.39, 0.29) is 83.4 Å². The third kappa shape index (κ3) is 7.77. The van der Waals surface area contributed by atoms with Crippen LogP contribution in [0.2, 0.25) is 61.8 Å². The summed E-state index contributed by atoms with van der Waals surface area (Å²) in [6.07, 6.45) is 0. The van der Waals surface area contributed by atoms with Gasteiger partial charge in [-0.25, -0.2) is 0 Å². The molecule has 0 amide bonds. The summed E-state index contributed by atoms with van der Waals surface area (Å²) >= 11 is 0. The summed E-state index contributed by atoms with van der Waals surface area (Å²) in [6.45, 7) is 4.92. The average molecular weight is 954 g/mol. The topological polar surface area (TPSA) is 0 Å². The zero-order chi connectivity index (χ0) is 60.2. The molecule has 0 saturated heterocycles. The standard InChI is InChI=1S/C37H87B39/c1-5(2)10-17(40)13(11-8(38)3-6-15(20(11)43)24(34(65,66)67,35(68,69)70)28(49,50)26(45,46)22(6,30(53,54)55)31(56,57)58)19(42)14(18(10)41)12-9(39)4-7-16(21(12)44)25(36(71,72)73,37(74,75)76)29(51,52)27(47,48)23(7,32(59,60)61)33(62,63)64/h3-5H,38-76H2,1-2H3. The second-order valence-electron chi connectivity index (χ2n) is 36.9. The molecule has 0 bridgehead atoms. The van der Waals surface area contributed by atoms with Gasteiger partial charge in [0.1, 0.15) is 54.9 Å². The molecule has 0 radical (unpaired) electrons. The van der Waals surface area contributed by atoms with Gasteiger partial charge < -0.3 is 0 Å². The van der Waals surface area contributed by atoms with Gasteiger partial charge >= 0.3 is 0 Å². The maximum Gasteiger partial charge on any atom is 0.140 e. The molecule has 0 saturated carbocycles. The molecule has 0 spiro atoms. The van der Waals surface area contributed by atoms with Crippen LogP contribution in [0.3, 0.4) is 0 Å². The molecule has 3 aromatic carbocycles. The Bertz CT molecular complexity index is 2620. The number of hydrogen-bond donors (Lipinski definition) is 0. The molecule has 352 valence electrons. The quantitative estimate of drug-likeness (QED) is 0.168. The molecule has 0 unspecified atom stereocenters. The maximum atomic E-state index is 2.78. The van der Waals surface area contributed by atoms with Crippen LogP contribution in [0.1, 0.15) is 47.6 Å². The van der Waals surface area contributed by atoms with Gasteiger partial charge in [0.05, 0.1) is 251 Å². The Balaban J connectivity index is 2.30. The Hall–Kier alpha value is 0.192. The van der Waals surface area contributed by atoms with Crippen molar-refractivity contribution in [3.05, 3.63) is 39.9 Å². The summed E-state index contributed by atoms with van der Waals surface area (Å²) in [5, 5.41) is -1.12. The van der Waals surface area contributed by atoms with Crippen molar-refractivity contribution in [2.45, 2.75) is 103 Å². The predicted octanol–water partition coefficient (Wildman–Crippen LogP) is -33.8. The zero-order valence-corrected chi connectivity index (χ0v) is 58.7. The Labute approximate surface area is 505 Å². The Kier molecular flexibility index (Phi) is 16.4. The summed E-state index contributed by atoms with van der Waals surface area (Å²) < 4.78 is 0. The van der Waals surface area contributed by atoms with Crippen LogP contribution in [0.5, 0.6) is 0 Å².